The van der Waals surface area contributed by atoms with Crippen molar-refractivity contribution in [3.8, 4) is 5.75 Å². The molecule has 1 N–H and O–H groups in total. The summed E-state index contributed by atoms with van der Waals surface area (Å²) in [6, 6.07) is 25.7. The van der Waals surface area contributed by atoms with Gasteiger partial charge in [0, 0.05) is 35.7 Å². The summed E-state index contributed by atoms with van der Waals surface area (Å²) in [4.78, 5) is 12.6. The fourth-order valence-electron chi connectivity index (χ4n) is 3.67. The zero-order valence-electron chi connectivity index (χ0n) is 19.5. The molecule has 0 aliphatic rings. The Morgan fingerprint density at radius 3 is 2.57 bits per heavy atom. The molecule has 0 spiro atoms. The number of nitrogens with one attached hydrogen (secondary N) is 1. The summed E-state index contributed by atoms with van der Waals surface area (Å²) in [6.07, 6.45) is 0.816. The highest BCUT2D eigenvalue weighted by Gasteiger charge is 2.15. The zero-order chi connectivity index (χ0) is 24.5. The Bertz CT molecular complexity index is 1260. The van der Waals surface area contributed by atoms with Crippen molar-refractivity contribution < 1.29 is 9.53 Å². The van der Waals surface area contributed by atoms with Crippen LogP contribution in [0.2, 0.25) is 5.02 Å². The molecule has 180 valence electrons. The molecule has 35 heavy (non-hydrogen) atoms. The van der Waals surface area contributed by atoms with Crippen molar-refractivity contribution in [2.24, 2.45) is 0 Å². The highest BCUT2D eigenvalue weighted by Crippen LogP contribution is 2.25. The predicted octanol–water partition coefficient (Wildman–Crippen LogP) is 5.53. The first-order valence-corrected chi connectivity index (χ1v) is 12.7. The molecule has 1 amide bonds. The standard InChI is InChI=1S/C27H27ClN4O2S/c1-34-24-13-6-5-11-22(24)17-29-26(33)15-14-25-30-31-27(32(25)18-20-8-3-2-4-9-20)35-19-21-10-7-12-23(28)16-21/h2-13,16H,14-15,17-19H2,1H3,(H,29,33). The van der Waals surface area contributed by atoms with E-state index < -0.39 is 0 Å². The van der Waals surface area contributed by atoms with Crippen molar-refractivity contribution in [3.05, 3.63) is 106 Å². The van der Waals surface area contributed by atoms with E-state index in [2.05, 4.69) is 32.2 Å². The third-order valence-corrected chi connectivity index (χ3v) is 6.75. The van der Waals surface area contributed by atoms with Crippen LogP contribution in [0.1, 0.15) is 28.9 Å². The van der Waals surface area contributed by atoms with Crippen molar-refractivity contribution >= 4 is 29.3 Å². The molecule has 0 aliphatic heterocycles. The number of carbonyl (C=O) groups excluding carboxylic acids is 1. The molecular formula is C27H27ClN4O2S. The minimum absolute atomic E-state index is 0.0432. The molecule has 1 aromatic heterocycles. The first-order valence-electron chi connectivity index (χ1n) is 11.3. The maximum atomic E-state index is 12.6. The van der Waals surface area contributed by atoms with Gasteiger partial charge in [-0.15, -0.1) is 10.2 Å². The van der Waals surface area contributed by atoms with E-state index in [1.165, 1.54) is 0 Å². The molecule has 4 rings (SSSR count). The van der Waals surface area contributed by atoms with Gasteiger partial charge in [-0.25, -0.2) is 0 Å². The number of amides is 1. The summed E-state index contributed by atoms with van der Waals surface area (Å²) < 4.78 is 7.46. The lowest BCUT2D eigenvalue weighted by Gasteiger charge is -2.11. The van der Waals surface area contributed by atoms with Gasteiger partial charge >= 0.3 is 0 Å². The molecule has 0 aliphatic carbocycles. The first kappa shape index (κ1) is 24.8. The van der Waals surface area contributed by atoms with Crippen molar-refractivity contribution in [3.63, 3.8) is 0 Å². The van der Waals surface area contributed by atoms with Crippen LogP contribution in [0, 0.1) is 0 Å². The van der Waals surface area contributed by atoms with E-state index in [9.17, 15) is 4.79 Å². The Morgan fingerprint density at radius 1 is 1.00 bits per heavy atom. The number of methoxy groups -OCH3 is 1. The summed E-state index contributed by atoms with van der Waals surface area (Å²) in [5, 5.41) is 13.4. The second-order valence-electron chi connectivity index (χ2n) is 7.98. The average molecular weight is 507 g/mol. The number of aryl methyl sites for hydroxylation is 1. The minimum atomic E-state index is -0.0432. The lowest BCUT2D eigenvalue weighted by atomic mass is 10.2. The molecule has 0 radical (unpaired) electrons. The summed E-state index contributed by atoms with van der Waals surface area (Å²) in [7, 11) is 1.63. The van der Waals surface area contributed by atoms with Crippen LogP contribution in [0.5, 0.6) is 5.75 Å². The van der Waals surface area contributed by atoms with Crippen molar-refractivity contribution in [2.45, 2.75) is 36.8 Å². The second kappa shape index (κ2) is 12.4. The Morgan fingerprint density at radius 2 is 1.77 bits per heavy atom. The van der Waals surface area contributed by atoms with Gasteiger partial charge in [-0.2, -0.15) is 0 Å². The van der Waals surface area contributed by atoms with Crippen LogP contribution in [0.4, 0.5) is 0 Å². The van der Waals surface area contributed by atoms with Crippen LogP contribution in [0.3, 0.4) is 0 Å². The quantitative estimate of drug-likeness (QED) is 0.271. The molecule has 0 unspecified atom stereocenters. The maximum absolute atomic E-state index is 12.6. The molecule has 0 fully saturated rings. The number of benzene rings is 3. The number of para-hydroxylation sites is 1. The van der Waals surface area contributed by atoms with Crippen LogP contribution in [-0.4, -0.2) is 27.8 Å². The average Bonchev–Trinajstić information content (AvgIpc) is 3.26. The number of nitrogens with zero attached hydrogens (tertiary/aromatic N) is 3. The lowest BCUT2D eigenvalue weighted by molar-refractivity contribution is -0.121. The van der Waals surface area contributed by atoms with E-state index in [4.69, 9.17) is 16.3 Å². The minimum Gasteiger partial charge on any atom is -0.496 e. The molecule has 0 saturated carbocycles. The Kier molecular flexibility index (Phi) is 8.81. The van der Waals surface area contributed by atoms with Gasteiger partial charge in [0.05, 0.1) is 13.7 Å². The molecule has 0 atom stereocenters. The lowest BCUT2D eigenvalue weighted by Crippen LogP contribution is -2.23. The number of hydrogen-bond donors (Lipinski definition) is 1. The second-order valence-corrected chi connectivity index (χ2v) is 9.36. The number of carbonyl (C=O) groups is 1. The van der Waals surface area contributed by atoms with E-state index in [-0.39, 0.29) is 5.91 Å². The molecule has 4 aromatic rings. The van der Waals surface area contributed by atoms with Gasteiger partial charge in [0.2, 0.25) is 5.91 Å². The normalized spacial score (nSPS) is 10.8. The Balaban J connectivity index is 1.42. The topological polar surface area (TPSA) is 69.0 Å². The first-order chi connectivity index (χ1) is 17.1. The smallest absolute Gasteiger partial charge is 0.220 e. The molecular weight excluding hydrogens is 480 g/mol. The van der Waals surface area contributed by atoms with Gasteiger partial charge in [0.25, 0.3) is 0 Å². The van der Waals surface area contributed by atoms with E-state index in [1.807, 2.05) is 66.7 Å². The van der Waals surface area contributed by atoms with Crippen LogP contribution >= 0.6 is 23.4 Å². The highest BCUT2D eigenvalue weighted by molar-refractivity contribution is 7.98. The molecule has 6 nitrogen and oxygen atoms in total. The number of rotatable bonds is 11. The number of thioether (sulfide) groups is 1. The van der Waals surface area contributed by atoms with Crippen LogP contribution in [0.25, 0.3) is 0 Å². The third kappa shape index (κ3) is 7.10. The van der Waals surface area contributed by atoms with E-state index in [0.717, 1.165) is 39.2 Å². The maximum Gasteiger partial charge on any atom is 0.220 e. The van der Waals surface area contributed by atoms with Gasteiger partial charge in [-0.1, -0.05) is 84.0 Å². The summed E-state index contributed by atoms with van der Waals surface area (Å²) in [5.74, 6) is 2.23. The molecule has 8 heteroatoms. The molecule has 3 aromatic carbocycles. The van der Waals surface area contributed by atoms with Crippen LogP contribution in [-0.2, 0) is 30.1 Å². The van der Waals surface area contributed by atoms with Crippen LogP contribution in [0.15, 0.2) is 84.0 Å². The number of hydrogen-bond acceptors (Lipinski definition) is 5. The number of halogens is 1. The van der Waals surface area contributed by atoms with Gasteiger partial charge < -0.3 is 14.6 Å². The van der Waals surface area contributed by atoms with Crippen molar-refractivity contribution in [1.82, 2.24) is 20.1 Å². The molecule has 0 bridgehead atoms. The SMILES string of the molecule is COc1ccccc1CNC(=O)CCc1nnc(SCc2cccc(Cl)c2)n1Cc1ccccc1. The van der Waals surface area contributed by atoms with E-state index in [1.54, 1.807) is 18.9 Å². The van der Waals surface area contributed by atoms with Crippen molar-refractivity contribution in [1.29, 1.82) is 0 Å². The van der Waals surface area contributed by atoms with Gasteiger partial charge in [0.15, 0.2) is 5.16 Å². The summed E-state index contributed by atoms with van der Waals surface area (Å²) >= 11 is 7.75. The number of ether oxygens (including phenoxy) is 1. The van der Waals surface area contributed by atoms with Crippen LogP contribution < -0.4 is 10.1 Å². The fourth-order valence-corrected chi connectivity index (χ4v) is 4.78. The zero-order valence-corrected chi connectivity index (χ0v) is 21.1. The third-order valence-electron chi connectivity index (χ3n) is 5.48. The number of aromatic nitrogens is 3. The summed E-state index contributed by atoms with van der Waals surface area (Å²) in [6.45, 7) is 1.06. The predicted molar refractivity (Wildman–Crippen MR) is 140 cm³/mol. The fraction of sp³-hybridized carbons (Fsp3) is 0.222. The highest BCUT2D eigenvalue weighted by atomic mass is 35.5. The Labute approximate surface area is 214 Å². The molecule has 0 saturated heterocycles. The summed E-state index contributed by atoms with van der Waals surface area (Å²) in [5.41, 5.74) is 3.21. The molecule has 1 heterocycles. The Hall–Kier alpha value is -3.29. The van der Waals surface area contributed by atoms with E-state index >= 15 is 0 Å². The largest absolute Gasteiger partial charge is 0.496 e. The van der Waals surface area contributed by atoms with E-state index in [0.29, 0.717) is 31.0 Å². The monoisotopic (exact) mass is 506 g/mol. The van der Waals surface area contributed by atoms with Gasteiger partial charge in [-0.05, 0) is 29.3 Å². The van der Waals surface area contributed by atoms with Gasteiger partial charge in [0.1, 0.15) is 11.6 Å². The van der Waals surface area contributed by atoms with Gasteiger partial charge in [-0.3, -0.25) is 4.79 Å². The van der Waals surface area contributed by atoms with Crippen molar-refractivity contribution in [2.75, 3.05) is 7.11 Å².